The molecule has 1 aliphatic rings. The first-order chi connectivity index (χ1) is 14.0. The first kappa shape index (κ1) is 18.8. The maximum atomic E-state index is 13.3. The van der Waals surface area contributed by atoms with Gasteiger partial charge in [0.15, 0.2) is 18.2 Å². The van der Waals surface area contributed by atoms with Crippen LogP contribution in [0.1, 0.15) is 21.5 Å². The number of amides is 1. The molecular weight excluding hydrogens is 376 g/mol. The molecule has 0 spiro atoms. The number of hydrogen-bond acceptors (Lipinski definition) is 3. The van der Waals surface area contributed by atoms with Crippen LogP contribution in [0.4, 0.5) is 20.2 Å². The summed E-state index contributed by atoms with van der Waals surface area (Å²) in [6, 6.07) is 17.9. The molecule has 0 fully saturated rings. The SMILES string of the molecule is O=C(OCC(=O)N1c2ccccc2CCc2ccccc21)c1ccc(F)c(F)c1. The second-order valence-corrected chi connectivity index (χ2v) is 6.69. The number of carbonyl (C=O) groups excluding carboxylic acids is 2. The van der Waals surface area contributed by atoms with Gasteiger partial charge in [0.25, 0.3) is 5.91 Å². The van der Waals surface area contributed by atoms with Crippen molar-refractivity contribution in [3.05, 3.63) is 95.1 Å². The number of benzene rings is 3. The molecule has 4 rings (SSSR count). The zero-order chi connectivity index (χ0) is 20.4. The number of aryl methyl sites for hydroxylation is 2. The number of halogens is 2. The molecule has 0 saturated carbocycles. The highest BCUT2D eigenvalue weighted by Gasteiger charge is 2.26. The first-order valence-electron chi connectivity index (χ1n) is 9.15. The molecule has 0 aromatic heterocycles. The zero-order valence-corrected chi connectivity index (χ0v) is 15.4. The van der Waals surface area contributed by atoms with Crippen molar-refractivity contribution >= 4 is 23.3 Å². The third-order valence-corrected chi connectivity index (χ3v) is 4.86. The van der Waals surface area contributed by atoms with Crippen molar-refractivity contribution in [1.29, 1.82) is 0 Å². The van der Waals surface area contributed by atoms with Crippen LogP contribution < -0.4 is 4.90 Å². The summed E-state index contributed by atoms with van der Waals surface area (Å²) in [5.74, 6) is -3.53. The van der Waals surface area contributed by atoms with Crippen LogP contribution in [0.3, 0.4) is 0 Å². The Labute approximate surface area is 166 Å². The third kappa shape index (κ3) is 3.74. The third-order valence-electron chi connectivity index (χ3n) is 4.86. The van der Waals surface area contributed by atoms with Crippen LogP contribution in [0.25, 0.3) is 0 Å². The van der Waals surface area contributed by atoms with Crippen molar-refractivity contribution in [2.45, 2.75) is 12.8 Å². The average Bonchev–Trinajstić information content (AvgIpc) is 2.90. The molecule has 6 heteroatoms. The minimum atomic E-state index is -1.15. The average molecular weight is 393 g/mol. The Kier molecular flexibility index (Phi) is 5.08. The molecule has 4 nitrogen and oxygen atoms in total. The lowest BCUT2D eigenvalue weighted by Crippen LogP contribution is -2.31. The van der Waals surface area contributed by atoms with E-state index in [1.54, 1.807) is 4.90 Å². The molecule has 146 valence electrons. The van der Waals surface area contributed by atoms with Gasteiger partial charge in [0.05, 0.1) is 16.9 Å². The largest absolute Gasteiger partial charge is 0.452 e. The molecule has 0 N–H and O–H groups in total. The summed E-state index contributed by atoms with van der Waals surface area (Å²) in [5, 5.41) is 0. The van der Waals surface area contributed by atoms with Crippen LogP contribution in [0.15, 0.2) is 66.7 Å². The molecule has 3 aromatic rings. The van der Waals surface area contributed by atoms with Gasteiger partial charge in [-0.1, -0.05) is 36.4 Å². The Morgan fingerprint density at radius 3 is 2.00 bits per heavy atom. The Hall–Kier alpha value is -3.54. The molecule has 0 unspecified atom stereocenters. The molecule has 1 amide bonds. The van der Waals surface area contributed by atoms with Crippen LogP contribution in [-0.2, 0) is 22.4 Å². The van der Waals surface area contributed by atoms with Gasteiger partial charge in [0.1, 0.15) is 0 Å². The molecule has 29 heavy (non-hydrogen) atoms. The topological polar surface area (TPSA) is 46.6 Å². The van der Waals surface area contributed by atoms with E-state index in [2.05, 4.69) is 0 Å². The summed E-state index contributed by atoms with van der Waals surface area (Å²) in [6.07, 6.45) is 1.57. The monoisotopic (exact) mass is 393 g/mol. The number of fused-ring (bicyclic) bond motifs is 2. The number of carbonyl (C=O) groups is 2. The number of anilines is 2. The van der Waals surface area contributed by atoms with Crippen molar-refractivity contribution in [3.63, 3.8) is 0 Å². The standard InChI is InChI=1S/C23H17F2NO3/c24-18-12-11-17(13-19(18)25)23(28)29-14-22(27)26-20-7-3-1-5-15(20)9-10-16-6-2-4-8-21(16)26/h1-8,11-13H,9-10,14H2. The van der Waals surface area contributed by atoms with Crippen LogP contribution in [-0.4, -0.2) is 18.5 Å². The van der Waals surface area contributed by atoms with E-state index in [1.165, 1.54) is 0 Å². The van der Waals surface area contributed by atoms with E-state index in [9.17, 15) is 18.4 Å². The van der Waals surface area contributed by atoms with Crippen LogP contribution in [0.5, 0.6) is 0 Å². The van der Waals surface area contributed by atoms with Gasteiger partial charge in [-0.05, 0) is 54.3 Å². The number of hydrogen-bond donors (Lipinski definition) is 0. The lowest BCUT2D eigenvalue weighted by molar-refractivity contribution is -0.120. The predicted molar refractivity (Wildman–Crippen MR) is 104 cm³/mol. The van der Waals surface area contributed by atoms with E-state index in [4.69, 9.17) is 4.74 Å². The van der Waals surface area contributed by atoms with Gasteiger partial charge in [-0.3, -0.25) is 9.69 Å². The number of nitrogens with zero attached hydrogens (tertiary/aromatic N) is 1. The molecule has 0 atom stereocenters. The number of rotatable bonds is 3. The Morgan fingerprint density at radius 1 is 0.828 bits per heavy atom. The summed E-state index contributed by atoms with van der Waals surface area (Å²) in [7, 11) is 0. The van der Waals surface area contributed by atoms with Crippen molar-refractivity contribution in [2.75, 3.05) is 11.5 Å². The van der Waals surface area contributed by atoms with E-state index in [-0.39, 0.29) is 5.56 Å². The number of para-hydroxylation sites is 2. The van der Waals surface area contributed by atoms with E-state index in [1.807, 2.05) is 48.5 Å². The predicted octanol–water partition coefficient (Wildman–Crippen LogP) is 4.59. The first-order valence-corrected chi connectivity index (χ1v) is 9.15. The zero-order valence-electron chi connectivity index (χ0n) is 15.4. The quantitative estimate of drug-likeness (QED) is 0.612. The van der Waals surface area contributed by atoms with Crippen molar-refractivity contribution in [1.82, 2.24) is 0 Å². The van der Waals surface area contributed by atoms with Gasteiger partial charge in [-0.25, -0.2) is 13.6 Å². The van der Waals surface area contributed by atoms with Gasteiger partial charge in [0.2, 0.25) is 0 Å². The van der Waals surface area contributed by atoms with E-state index < -0.39 is 30.1 Å². The highest BCUT2D eigenvalue weighted by atomic mass is 19.2. The van der Waals surface area contributed by atoms with Gasteiger partial charge in [-0.2, -0.15) is 0 Å². The van der Waals surface area contributed by atoms with E-state index in [0.29, 0.717) is 0 Å². The minimum Gasteiger partial charge on any atom is -0.452 e. The Bertz CT molecular complexity index is 1050. The fourth-order valence-electron chi connectivity index (χ4n) is 3.45. The van der Waals surface area contributed by atoms with Crippen molar-refractivity contribution in [2.24, 2.45) is 0 Å². The molecular formula is C23H17F2NO3. The molecule has 1 aliphatic heterocycles. The fraction of sp³-hybridized carbons (Fsp3) is 0.130. The maximum Gasteiger partial charge on any atom is 0.338 e. The number of ether oxygens (including phenoxy) is 1. The molecule has 0 bridgehead atoms. The van der Waals surface area contributed by atoms with Gasteiger partial charge in [0, 0.05) is 0 Å². The normalized spacial score (nSPS) is 12.6. The smallest absolute Gasteiger partial charge is 0.338 e. The van der Waals surface area contributed by atoms with Gasteiger partial charge in [-0.15, -0.1) is 0 Å². The fourth-order valence-corrected chi connectivity index (χ4v) is 3.45. The lowest BCUT2D eigenvalue weighted by atomic mass is 10.0. The summed E-state index contributed by atoms with van der Waals surface area (Å²) in [6.45, 7) is -0.527. The second kappa shape index (κ2) is 7.83. The van der Waals surface area contributed by atoms with Gasteiger partial charge >= 0.3 is 5.97 Å². The summed E-state index contributed by atoms with van der Waals surface area (Å²) in [4.78, 5) is 26.8. The Morgan fingerprint density at radius 2 is 1.41 bits per heavy atom. The number of esters is 1. The molecule has 0 radical (unpaired) electrons. The van der Waals surface area contributed by atoms with Gasteiger partial charge < -0.3 is 4.74 Å². The molecule has 1 heterocycles. The van der Waals surface area contributed by atoms with Crippen LogP contribution >= 0.6 is 0 Å². The highest BCUT2D eigenvalue weighted by Crippen LogP contribution is 2.36. The van der Waals surface area contributed by atoms with Crippen molar-refractivity contribution < 1.29 is 23.1 Å². The van der Waals surface area contributed by atoms with Crippen LogP contribution in [0, 0.1) is 11.6 Å². The van der Waals surface area contributed by atoms with E-state index in [0.717, 1.165) is 53.5 Å². The minimum absolute atomic E-state index is 0.159. The summed E-state index contributed by atoms with van der Waals surface area (Å²) in [5.41, 5.74) is 3.36. The molecule has 0 saturated heterocycles. The second-order valence-electron chi connectivity index (χ2n) is 6.69. The molecule has 3 aromatic carbocycles. The summed E-state index contributed by atoms with van der Waals surface area (Å²) < 4.78 is 31.5. The lowest BCUT2D eigenvalue weighted by Gasteiger charge is -2.24. The van der Waals surface area contributed by atoms with E-state index >= 15 is 0 Å². The molecule has 0 aliphatic carbocycles. The summed E-state index contributed by atoms with van der Waals surface area (Å²) >= 11 is 0. The van der Waals surface area contributed by atoms with Crippen molar-refractivity contribution in [3.8, 4) is 0 Å². The highest BCUT2D eigenvalue weighted by molar-refractivity contribution is 6.04. The maximum absolute atomic E-state index is 13.3. The Balaban J connectivity index is 1.59. The van der Waals surface area contributed by atoms with Crippen LogP contribution in [0.2, 0.25) is 0 Å².